The monoisotopic (exact) mass is 542 g/mol. The van der Waals surface area contributed by atoms with Gasteiger partial charge in [0.15, 0.2) is 23.3 Å². The molecule has 0 aromatic carbocycles. The van der Waals surface area contributed by atoms with E-state index in [1.165, 1.54) is 7.11 Å². The Balaban J connectivity index is 0. The summed E-state index contributed by atoms with van der Waals surface area (Å²) in [5, 5.41) is 0. The summed E-state index contributed by atoms with van der Waals surface area (Å²) in [5.74, 6) is -5.85. The maximum Gasteiger partial charge on any atom is 0.200 e. The van der Waals surface area contributed by atoms with Gasteiger partial charge in [0.25, 0.3) is 0 Å². The van der Waals surface area contributed by atoms with Gasteiger partial charge in [0, 0.05) is 6.61 Å². The fraction of sp³-hybridized carbons (Fsp3) is 0.562. The molecule has 0 spiro atoms. The van der Waals surface area contributed by atoms with Gasteiger partial charge < -0.3 is 9.47 Å². The van der Waals surface area contributed by atoms with Crippen LogP contribution in [-0.2, 0) is 9.47 Å². The lowest BCUT2D eigenvalue weighted by atomic mass is 9.87. The summed E-state index contributed by atoms with van der Waals surface area (Å²) < 4.78 is 68.2. The van der Waals surface area contributed by atoms with Gasteiger partial charge in [-0.1, -0.05) is 66.5 Å². The second kappa shape index (κ2) is 20.6. The molecule has 0 N–H and O–H groups in total. The van der Waals surface area contributed by atoms with E-state index in [4.69, 9.17) is 4.74 Å². The summed E-state index contributed by atoms with van der Waals surface area (Å²) in [4.78, 5) is 0. The third kappa shape index (κ3) is 14.0. The largest absolute Gasteiger partial charge is 0.494 e. The Morgan fingerprint density at radius 2 is 1.05 bits per heavy atom. The third-order valence-electron chi connectivity index (χ3n) is 6.45. The molecule has 0 aliphatic rings. The van der Waals surface area contributed by atoms with Crippen LogP contribution < -0.4 is 0 Å². The number of allylic oxidation sites excluding steroid dienone is 8. The zero-order chi connectivity index (χ0) is 30.0. The van der Waals surface area contributed by atoms with Gasteiger partial charge in [-0.2, -0.15) is 4.39 Å². The maximum atomic E-state index is 14.9. The van der Waals surface area contributed by atoms with Crippen LogP contribution in [0.15, 0.2) is 84.8 Å². The topological polar surface area (TPSA) is 18.5 Å². The molecule has 38 heavy (non-hydrogen) atoms. The van der Waals surface area contributed by atoms with Crippen molar-refractivity contribution < 1.29 is 27.0 Å². The van der Waals surface area contributed by atoms with Gasteiger partial charge in [0.1, 0.15) is 5.76 Å². The fourth-order valence-electron chi connectivity index (χ4n) is 3.30. The molecule has 0 saturated carbocycles. The minimum absolute atomic E-state index is 0.0138. The number of hydrogen-bond acceptors (Lipinski definition) is 2. The first kappa shape index (κ1) is 37.8. The van der Waals surface area contributed by atoms with Gasteiger partial charge >= 0.3 is 0 Å². The second-order valence-electron chi connectivity index (χ2n) is 9.76. The molecule has 6 heteroatoms. The Labute approximate surface area is 229 Å². The lowest BCUT2D eigenvalue weighted by Crippen LogP contribution is -2.12. The third-order valence-corrected chi connectivity index (χ3v) is 6.45. The Bertz CT molecular complexity index is 854. The van der Waals surface area contributed by atoms with Crippen LogP contribution >= 0.6 is 0 Å². The number of hydrogen-bond donors (Lipinski definition) is 0. The molecule has 0 aromatic rings. The highest BCUT2D eigenvalue weighted by Gasteiger charge is 2.23. The van der Waals surface area contributed by atoms with Gasteiger partial charge in [-0.15, -0.1) is 6.58 Å². The molecule has 0 bridgehead atoms. The van der Waals surface area contributed by atoms with Crippen molar-refractivity contribution >= 4 is 0 Å². The molecule has 2 nitrogen and oxygen atoms in total. The molecule has 0 amide bonds. The van der Waals surface area contributed by atoms with Crippen molar-refractivity contribution in [3.63, 3.8) is 0 Å². The van der Waals surface area contributed by atoms with E-state index in [0.717, 1.165) is 19.3 Å². The van der Waals surface area contributed by atoms with Crippen molar-refractivity contribution in [3.8, 4) is 0 Å². The van der Waals surface area contributed by atoms with Crippen LogP contribution in [0.4, 0.5) is 17.6 Å². The second-order valence-corrected chi connectivity index (χ2v) is 9.76. The number of ether oxygens (including phenoxy) is 2. The predicted octanol–water partition coefficient (Wildman–Crippen LogP) is 11.0. The molecule has 0 rings (SSSR count). The quantitative estimate of drug-likeness (QED) is 0.0564. The molecule has 0 radical (unpaired) electrons. The minimum atomic E-state index is -1.20. The Kier molecular flexibility index (Phi) is 20.5. The Hall–Kier alpha value is -2.34. The van der Waals surface area contributed by atoms with Crippen LogP contribution in [0.3, 0.4) is 0 Å². The van der Waals surface area contributed by atoms with Crippen molar-refractivity contribution in [1.82, 2.24) is 0 Å². The normalized spacial score (nSPS) is 15.4. The average molecular weight is 543 g/mol. The summed E-state index contributed by atoms with van der Waals surface area (Å²) in [6.07, 6.45) is 5.95. The molecule has 218 valence electrons. The molecule has 0 aliphatic heterocycles. The van der Waals surface area contributed by atoms with E-state index in [1.807, 2.05) is 20.8 Å². The van der Waals surface area contributed by atoms with Gasteiger partial charge in [-0.25, -0.2) is 13.2 Å². The minimum Gasteiger partial charge on any atom is -0.494 e. The van der Waals surface area contributed by atoms with Crippen LogP contribution in [0.2, 0.25) is 0 Å². The molecular weight excluding hydrogens is 492 g/mol. The average Bonchev–Trinajstić information content (AvgIpc) is 2.91. The first-order valence-electron chi connectivity index (χ1n) is 13.3. The van der Waals surface area contributed by atoms with E-state index in [9.17, 15) is 17.6 Å². The highest BCUT2D eigenvalue weighted by Crippen LogP contribution is 2.35. The standard InChI is InChI=1S/C29H44F4O2.C3H6/c1-11-12-17-35-21(5)16-15-20(4)23(7)27(31)26(30)22(6)18(2)13-14-19(3)24(8)28(32)29(33)25(9)34-10;1-3-2/h18-21H,6-9,11-17H2,1-5,10H3;3H,1H2,2H3/b27-26-,29-28-;. The van der Waals surface area contributed by atoms with Gasteiger partial charge in [-0.3, -0.25) is 0 Å². The first-order valence-corrected chi connectivity index (χ1v) is 13.3. The van der Waals surface area contributed by atoms with Crippen LogP contribution in [0.5, 0.6) is 0 Å². The predicted molar refractivity (Wildman–Crippen MR) is 154 cm³/mol. The molecular formula is C32H50F4O2. The number of unbranched alkanes of at least 4 members (excludes halogenated alkanes) is 1. The number of methoxy groups -OCH3 is 1. The maximum absolute atomic E-state index is 14.9. The van der Waals surface area contributed by atoms with Gasteiger partial charge in [0.2, 0.25) is 0 Å². The SMILES string of the molecule is C=C(OC)/C(F)=C(/F)C(=C)C(C)CCC(C)C(=C)/C(F)=C(/F)C(=C)C(C)CCC(C)OCCCC.C=CC. The van der Waals surface area contributed by atoms with E-state index in [-0.39, 0.29) is 28.7 Å². The molecule has 4 atom stereocenters. The van der Waals surface area contributed by atoms with Crippen molar-refractivity contribution in [2.45, 2.75) is 86.2 Å². The lowest BCUT2D eigenvalue weighted by molar-refractivity contribution is 0.0551. The van der Waals surface area contributed by atoms with E-state index in [0.29, 0.717) is 25.9 Å². The van der Waals surface area contributed by atoms with Crippen molar-refractivity contribution in [2.24, 2.45) is 17.8 Å². The summed E-state index contributed by atoms with van der Waals surface area (Å²) in [7, 11) is 1.19. The lowest BCUT2D eigenvalue weighted by Gasteiger charge is -2.20. The van der Waals surface area contributed by atoms with E-state index in [1.54, 1.807) is 19.9 Å². The molecule has 0 heterocycles. The first-order chi connectivity index (χ1) is 17.7. The Morgan fingerprint density at radius 3 is 1.39 bits per heavy atom. The summed E-state index contributed by atoms with van der Waals surface area (Å²) in [6.45, 7) is 29.6. The van der Waals surface area contributed by atoms with Gasteiger partial charge in [0.05, 0.1) is 13.2 Å². The van der Waals surface area contributed by atoms with Crippen molar-refractivity contribution in [3.05, 3.63) is 84.8 Å². The molecule has 4 unspecified atom stereocenters. The number of rotatable bonds is 18. The fourth-order valence-corrected chi connectivity index (χ4v) is 3.30. The smallest absolute Gasteiger partial charge is 0.200 e. The summed E-state index contributed by atoms with van der Waals surface area (Å²) >= 11 is 0. The zero-order valence-corrected chi connectivity index (χ0v) is 24.7. The van der Waals surface area contributed by atoms with Crippen LogP contribution in [0.25, 0.3) is 0 Å². The van der Waals surface area contributed by atoms with E-state index < -0.39 is 40.9 Å². The van der Waals surface area contributed by atoms with Crippen LogP contribution in [0.1, 0.15) is 80.1 Å². The highest BCUT2D eigenvalue weighted by molar-refractivity contribution is 5.37. The molecule has 0 saturated heterocycles. The van der Waals surface area contributed by atoms with Crippen molar-refractivity contribution in [1.29, 1.82) is 0 Å². The number of halogens is 4. The van der Waals surface area contributed by atoms with Crippen LogP contribution in [0, 0.1) is 17.8 Å². The van der Waals surface area contributed by atoms with Gasteiger partial charge in [-0.05, 0) is 80.4 Å². The zero-order valence-electron chi connectivity index (χ0n) is 24.7. The molecule has 0 aromatic heterocycles. The van der Waals surface area contributed by atoms with E-state index in [2.05, 4.69) is 44.6 Å². The van der Waals surface area contributed by atoms with Crippen molar-refractivity contribution in [2.75, 3.05) is 13.7 Å². The Morgan fingerprint density at radius 1 is 0.711 bits per heavy atom. The van der Waals surface area contributed by atoms with Crippen LogP contribution in [-0.4, -0.2) is 19.8 Å². The summed E-state index contributed by atoms with van der Waals surface area (Å²) in [6, 6.07) is 0. The molecule has 0 fully saturated rings. The summed E-state index contributed by atoms with van der Waals surface area (Å²) in [5.41, 5.74) is 0.0649. The highest BCUT2D eigenvalue weighted by atomic mass is 19.2. The molecule has 0 aliphatic carbocycles. The van der Waals surface area contributed by atoms with E-state index >= 15 is 0 Å².